The van der Waals surface area contributed by atoms with Gasteiger partial charge in [-0.25, -0.2) is 0 Å². The molecule has 0 radical (unpaired) electrons. The van der Waals surface area contributed by atoms with Crippen LogP contribution in [0.3, 0.4) is 0 Å². The number of methoxy groups -OCH3 is 1. The van der Waals surface area contributed by atoms with Crippen molar-refractivity contribution in [2.75, 3.05) is 27.7 Å². The van der Waals surface area contributed by atoms with E-state index in [0.717, 1.165) is 11.8 Å². The molecule has 0 bridgehead atoms. The number of aliphatic hydroxyl groups is 1. The fourth-order valence-electron chi connectivity index (χ4n) is 2.06. The minimum absolute atomic E-state index is 0.0534. The Morgan fingerprint density at radius 1 is 1.16 bits per heavy atom. The van der Waals surface area contributed by atoms with E-state index in [1.807, 2.05) is 24.3 Å². The van der Waals surface area contributed by atoms with Crippen LogP contribution in [-0.2, 0) is 4.74 Å². The molecule has 0 aromatic heterocycles. The maximum absolute atomic E-state index is 9.48. The Morgan fingerprint density at radius 2 is 1.84 bits per heavy atom. The number of hydrogen-bond donors (Lipinski definition) is 1. The van der Waals surface area contributed by atoms with E-state index in [0.29, 0.717) is 5.22 Å². The summed E-state index contributed by atoms with van der Waals surface area (Å²) < 4.78 is 4.80. The lowest BCUT2D eigenvalue weighted by atomic mass is 10.1. The molecule has 0 saturated carbocycles. The first kappa shape index (κ1) is 13.4. The third kappa shape index (κ3) is 3.26. The zero-order valence-electron chi connectivity index (χ0n) is 11.6. The molecule has 1 aromatic carbocycles. The van der Waals surface area contributed by atoms with Gasteiger partial charge in [0, 0.05) is 6.54 Å². The number of hydrogen-bond acceptors (Lipinski definition) is 3. The van der Waals surface area contributed by atoms with Crippen molar-refractivity contribution < 1.29 is 9.84 Å². The highest BCUT2D eigenvalue weighted by molar-refractivity contribution is 5.73. The van der Waals surface area contributed by atoms with E-state index in [-0.39, 0.29) is 5.95 Å². The molecule has 3 nitrogen and oxygen atoms in total. The van der Waals surface area contributed by atoms with Gasteiger partial charge in [-0.05, 0) is 48.7 Å². The number of nitrogens with zero attached hydrogens (tertiary/aromatic N) is 1. The minimum atomic E-state index is -0.0534. The topological polar surface area (TPSA) is 32.7 Å². The molecule has 3 heteroatoms. The zero-order chi connectivity index (χ0) is 13.8. The van der Waals surface area contributed by atoms with Gasteiger partial charge >= 0.3 is 0 Å². The van der Waals surface area contributed by atoms with Crippen molar-refractivity contribution in [3.63, 3.8) is 0 Å². The highest BCUT2D eigenvalue weighted by atomic mass is 16.6. The van der Waals surface area contributed by atoms with Crippen LogP contribution in [0.2, 0.25) is 0 Å². The number of rotatable bonds is 3. The van der Waals surface area contributed by atoms with Crippen LogP contribution in [-0.4, -0.2) is 37.8 Å². The standard InChI is InChI=1S/C16H19NO2/c1-17(2)11-12-4-5-15(10-12)13-6-8-14(9-7-13)16(18)19-3/h4-10,18H,11H2,1-3H3. The smallest absolute Gasteiger partial charge is 0.283 e. The van der Waals surface area contributed by atoms with Crippen LogP contribution < -0.4 is 10.4 Å². The molecular formula is C16H19NO2. The summed E-state index contributed by atoms with van der Waals surface area (Å²) in [6.45, 7) is 0.941. The molecule has 0 heterocycles. The van der Waals surface area contributed by atoms with Crippen molar-refractivity contribution in [1.82, 2.24) is 4.90 Å². The van der Waals surface area contributed by atoms with Crippen LogP contribution in [0.5, 0.6) is 0 Å². The normalized spacial score (nSPS) is 13.9. The summed E-state index contributed by atoms with van der Waals surface area (Å²) in [6, 6.07) is 7.68. The molecular weight excluding hydrogens is 238 g/mol. The third-order valence-electron chi connectivity index (χ3n) is 2.98. The molecule has 0 amide bonds. The molecule has 1 N–H and O–H groups in total. The first-order valence-electron chi connectivity index (χ1n) is 6.21. The number of aliphatic hydroxyl groups excluding tert-OH is 1. The van der Waals surface area contributed by atoms with Gasteiger partial charge in [-0.15, -0.1) is 0 Å². The molecule has 0 aliphatic heterocycles. The highest BCUT2D eigenvalue weighted by Crippen LogP contribution is 2.15. The molecule has 1 aliphatic rings. The van der Waals surface area contributed by atoms with Gasteiger partial charge in [-0.3, -0.25) is 0 Å². The van der Waals surface area contributed by atoms with Crippen molar-refractivity contribution in [1.29, 1.82) is 0 Å². The summed E-state index contributed by atoms with van der Waals surface area (Å²) in [5, 5.41) is 11.3. The van der Waals surface area contributed by atoms with Crippen LogP contribution >= 0.6 is 0 Å². The molecule has 0 fully saturated rings. The van der Waals surface area contributed by atoms with Gasteiger partial charge in [0.1, 0.15) is 0 Å². The Kier molecular flexibility index (Phi) is 4.07. The predicted octanol–water partition coefficient (Wildman–Crippen LogP) is 1.17. The fourth-order valence-corrected chi connectivity index (χ4v) is 2.06. The van der Waals surface area contributed by atoms with Crippen molar-refractivity contribution in [3.8, 4) is 0 Å². The number of ether oxygens (including phenoxy) is 1. The Labute approximate surface area is 113 Å². The second-order valence-electron chi connectivity index (χ2n) is 4.83. The summed E-state index contributed by atoms with van der Waals surface area (Å²) in [7, 11) is 5.57. The molecule has 19 heavy (non-hydrogen) atoms. The maximum atomic E-state index is 9.48. The summed E-state index contributed by atoms with van der Waals surface area (Å²) >= 11 is 0. The Hall–Kier alpha value is -2.00. The first-order chi connectivity index (χ1) is 9.10. The Bertz CT molecular complexity index is 616. The van der Waals surface area contributed by atoms with E-state index in [9.17, 15) is 5.11 Å². The maximum Gasteiger partial charge on any atom is 0.283 e. The molecule has 2 rings (SSSR count). The monoisotopic (exact) mass is 257 g/mol. The van der Waals surface area contributed by atoms with Gasteiger partial charge in [0.05, 0.1) is 12.3 Å². The van der Waals surface area contributed by atoms with Gasteiger partial charge < -0.3 is 14.7 Å². The van der Waals surface area contributed by atoms with Crippen molar-refractivity contribution in [2.24, 2.45) is 0 Å². The van der Waals surface area contributed by atoms with Gasteiger partial charge in [0.2, 0.25) is 0 Å². The van der Waals surface area contributed by atoms with E-state index < -0.39 is 0 Å². The lowest BCUT2D eigenvalue weighted by Crippen LogP contribution is -2.14. The van der Waals surface area contributed by atoms with E-state index in [4.69, 9.17) is 4.74 Å². The predicted molar refractivity (Wildman–Crippen MR) is 77.9 cm³/mol. The van der Waals surface area contributed by atoms with Crippen LogP contribution in [0.1, 0.15) is 0 Å². The SMILES string of the molecule is COC(O)=c1ccc(=C2C=CC(CN(C)C)=C2)cc1. The third-order valence-corrected chi connectivity index (χ3v) is 2.98. The van der Waals surface area contributed by atoms with Crippen LogP contribution in [0.25, 0.3) is 11.5 Å². The van der Waals surface area contributed by atoms with Crippen LogP contribution in [0.15, 0.2) is 48.1 Å². The van der Waals surface area contributed by atoms with E-state index >= 15 is 0 Å². The van der Waals surface area contributed by atoms with E-state index in [2.05, 4.69) is 37.2 Å². The Balaban J connectivity index is 2.36. The van der Waals surface area contributed by atoms with Crippen LogP contribution in [0.4, 0.5) is 0 Å². The number of benzene rings is 1. The van der Waals surface area contributed by atoms with Crippen molar-refractivity contribution in [2.45, 2.75) is 0 Å². The quantitative estimate of drug-likeness (QED) is 0.882. The largest absolute Gasteiger partial charge is 0.481 e. The summed E-state index contributed by atoms with van der Waals surface area (Å²) in [4.78, 5) is 2.15. The molecule has 100 valence electrons. The number of likely N-dealkylation sites (N-methyl/N-ethyl adjacent to an activating group) is 1. The van der Waals surface area contributed by atoms with Gasteiger partial charge in [-0.2, -0.15) is 0 Å². The first-order valence-corrected chi connectivity index (χ1v) is 6.21. The average Bonchev–Trinajstić information content (AvgIpc) is 2.85. The van der Waals surface area contributed by atoms with E-state index in [1.165, 1.54) is 18.3 Å². The van der Waals surface area contributed by atoms with Crippen LogP contribution in [0, 0.1) is 0 Å². The van der Waals surface area contributed by atoms with Gasteiger partial charge in [0.15, 0.2) is 0 Å². The second kappa shape index (κ2) is 5.76. The van der Waals surface area contributed by atoms with Crippen molar-refractivity contribution >= 4 is 11.5 Å². The lowest BCUT2D eigenvalue weighted by Gasteiger charge is -2.07. The number of allylic oxidation sites excluding steroid dienone is 2. The molecule has 0 spiro atoms. The summed E-state index contributed by atoms with van der Waals surface area (Å²) in [5.41, 5.74) is 2.50. The minimum Gasteiger partial charge on any atom is -0.481 e. The van der Waals surface area contributed by atoms with E-state index in [1.54, 1.807) is 0 Å². The molecule has 0 unspecified atom stereocenters. The molecule has 1 aromatic rings. The average molecular weight is 257 g/mol. The van der Waals surface area contributed by atoms with Gasteiger partial charge in [-0.1, -0.05) is 24.3 Å². The fraction of sp³-hybridized carbons (Fsp3) is 0.250. The highest BCUT2D eigenvalue weighted by Gasteiger charge is 2.03. The second-order valence-corrected chi connectivity index (χ2v) is 4.83. The zero-order valence-corrected chi connectivity index (χ0v) is 11.6. The summed E-state index contributed by atoms with van der Waals surface area (Å²) in [5.74, 6) is -0.0534. The Morgan fingerprint density at radius 3 is 2.42 bits per heavy atom. The lowest BCUT2D eigenvalue weighted by molar-refractivity contribution is 0.231. The summed E-state index contributed by atoms with van der Waals surface area (Å²) in [6.07, 6.45) is 6.45. The van der Waals surface area contributed by atoms with Crippen molar-refractivity contribution in [3.05, 3.63) is 58.5 Å². The molecule has 0 atom stereocenters. The van der Waals surface area contributed by atoms with Gasteiger partial charge in [0.25, 0.3) is 5.95 Å². The molecule has 1 aliphatic carbocycles. The molecule has 0 saturated heterocycles.